The van der Waals surface area contributed by atoms with Gasteiger partial charge in [-0.1, -0.05) is 0 Å². The van der Waals surface area contributed by atoms with Crippen molar-refractivity contribution in [2.24, 2.45) is 0 Å². The van der Waals surface area contributed by atoms with Crippen LogP contribution < -0.4 is 11.4 Å². The molecule has 1 aliphatic rings. The Hall–Kier alpha value is -1.20. The second kappa shape index (κ2) is 8.87. The van der Waals surface area contributed by atoms with Crippen molar-refractivity contribution < 1.29 is 69.4 Å². The van der Waals surface area contributed by atoms with Crippen LogP contribution in [0.2, 0.25) is 0 Å². The third-order valence-corrected chi connectivity index (χ3v) is 7.54. The summed E-state index contributed by atoms with van der Waals surface area (Å²) < 4.78 is 92.2. The quantitative estimate of drug-likeness (QED) is 0.216. The number of aliphatic hydroxyl groups is 1. The van der Waals surface area contributed by atoms with E-state index in [0.29, 0.717) is 6.20 Å². The van der Waals surface area contributed by atoms with Crippen LogP contribution in [0.15, 0.2) is 17.1 Å². The van der Waals surface area contributed by atoms with Crippen LogP contribution in [0.1, 0.15) is 6.23 Å². The SMILES string of the molecule is Nc1ccn([C@@H]2O[C@](CF)(COP(=O)(O)OP(=O)(O)OP(=O)(O)O)[C@@H](O)C2(F)F)c(=O)n1. The summed E-state index contributed by atoms with van der Waals surface area (Å²) in [6, 6.07) is 0.898. The highest BCUT2D eigenvalue weighted by Gasteiger charge is 2.68. The Kier molecular flexibility index (Phi) is 7.49. The summed E-state index contributed by atoms with van der Waals surface area (Å²) in [5, 5.41) is 9.93. The van der Waals surface area contributed by atoms with Gasteiger partial charge in [0.25, 0.3) is 0 Å². The number of hydrogen-bond acceptors (Lipinski definition) is 11. The molecule has 16 nitrogen and oxygen atoms in total. The number of aromatic nitrogens is 2. The van der Waals surface area contributed by atoms with Crippen molar-refractivity contribution in [1.82, 2.24) is 9.55 Å². The monoisotopic (exact) mass is 535 g/mol. The zero-order chi connectivity index (χ0) is 24.8. The number of hydrogen-bond donors (Lipinski definition) is 6. The van der Waals surface area contributed by atoms with Gasteiger partial charge in [-0.3, -0.25) is 9.09 Å². The molecule has 2 heterocycles. The largest absolute Gasteiger partial charge is 0.490 e. The van der Waals surface area contributed by atoms with E-state index in [1.54, 1.807) is 0 Å². The molecule has 1 aromatic rings. The van der Waals surface area contributed by atoms with E-state index in [4.69, 9.17) is 25.2 Å². The van der Waals surface area contributed by atoms with Crippen LogP contribution in [0.4, 0.5) is 19.0 Å². The van der Waals surface area contributed by atoms with E-state index in [2.05, 4.69) is 18.1 Å². The fraction of sp³-hybridized carbons (Fsp3) is 0.600. The number of nitrogen functional groups attached to an aromatic ring is 1. The Bertz CT molecular complexity index is 1070. The van der Waals surface area contributed by atoms with Gasteiger partial charge in [-0.05, 0) is 6.07 Å². The highest BCUT2D eigenvalue weighted by Crippen LogP contribution is 2.66. The van der Waals surface area contributed by atoms with Crippen molar-refractivity contribution in [3.63, 3.8) is 0 Å². The number of phosphoric ester groups is 1. The fourth-order valence-corrected chi connectivity index (χ4v) is 5.52. The molecule has 0 spiro atoms. The van der Waals surface area contributed by atoms with Gasteiger partial charge in [-0.25, -0.2) is 22.9 Å². The highest BCUT2D eigenvalue weighted by atomic mass is 31.3. The summed E-state index contributed by atoms with van der Waals surface area (Å²) in [5.74, 6) is -4.77. The number of rotatable bonds is 9. The average molecular weight is 535 g/mol. The van der Waals surface area contributed by atoms with Gasteiger partial charge in [0, 0.05) is 6.20 Å². The van der Waals surface area contributed by atoms with Crippen molar-refractivity contribution in [3.05, 3.63) is 22.7 Å². The highest BCUT2D eigenvalue weighted by molar-refractivity contribution is 7.66. The molecule has 0 bridgehead atoms. The maximum atomic E-state index is 14.6. The first-order valence-electron chi connectivity index (χ1n) is 7.77. The number of nitrogens with two attached hydrogens (primary N) is 1. The minimum Gasteiger partial charge on any atom is -0.383 e. The summed E-state index contributed by atoms with van der Waals surface area (Å²) in [6.45, 7) is -3.75. The van der Waals surface area contributed by atoms with Crippen LogP contribution in [0.3, 0.4) is 0 Å². The molecule has 22 heteroatoms. The van der Waals surface area contributed by atoms with E-state index >= 15 is 0 Å². The lowest BCUT2D eigenvalue weighted by atomic mass is 9.97. The van der Waals surface area contributed by atoms with E-state index in [0.717, 1.165) is 6.07 Å². The molecule has 32 heavy (non-hydrogen) atoms. The third-order valence-electron chi connectivity index (χ3n) is 3.76. The normalized spacial score (nSPS) is 29.4. The summed E-state index contributed by atoms with van der Waals surface area (Å²) >= 11 is 0. The topological polar surface area (TPSA) is 250 Å². The molecular weight excluding hydrogens is 520 g/mol. The smallest absolute Gasteiger partial charge is 0.383 e. The van der Waals surface area contributed by atoms with Gasteiger partial charge >= 0.3 is 35.1 Å². The van der Waals surface area contributed by atoms with Gasteiger partial charge in [-0.15, -0.1) is 0 Å². The first kappa shape index (κ1) is 27.0. The van der Waals surface area contributed by atoms with E-state index in [-0.39, 0.29) is 10.4 Å². The molecule has 1 aliphatic heterocycles. The Labute approximate surface area is 174 Å². The lowest BCUT2D eigenvalue weighted by Gasteiger charge is -2.29. The molecule has 0 amide bonds. The van der Waals surface area contributed by atoms with Crippen LogP contribution in [0, 0.1) is 0 Å². The number of ether oxygens (including phenoxy) is 1. The van der Waals surface area contributed by atoms with E-state index < -0.39 is 66.3 Å². The van der Waals surface area contributed by atoms with Gasteiger partial charge < -0.3 is 35.2 Å². The van der Waals surface area contributed by atoms with Crippen molar-refractivity contribution in [1.29, 1.82) is 0 Å². The predicted molar refractivity (Wildman–Crippen MR) is 92.5 cm³/mol. The number of nitrogens with zero attached hydrogens (tertiary/aromatic N) is 2. The van der Waals surface area contributed by atoms with Crippen molar-refractivity contribution in [2.75, 3.05) is 19.0 Å². The molecule has 0 aromatic carbocycles. The van der Waals surface area contributed by atoms with Crippen molar-refractivity contribution in [3.8, 4) is 0 Å². The summed E-state index contributed by atoms with van der Waals surface area (Å²) in [7, 11) is -17.5. The zero-order valence-electron chi connectivity index (χ0n) is 15.2. The number of phosphoric acid groups is 3. The standard InChI is InChI=1S/C10H15F3N3O13P3/c11-3-9(4-26-31(22,23)29-32(24,25)28-30(19,20)21)6(17)10(12,13)7(27-9)16-2-1-5(14)15-8(16)18/h1-2,6-7,17H,3-4H2,(H,22,23)(H,24,25)(H2,14,15,18)(H2,19,20,21)/t6-,7-,9-/m1/s1. The molecular formula is C10H15F3N3O13P3. The summed E-state index contributed by atoms with van der Waals surface area (Å²) in [4.78, 5) is 50.3. The Balaban J connectivity index is 2.27. The molecule has 7 N–H and O–H groups in total. The Morgan fingerprint density at radius 1 is 1.19 bits per heavy atom. The minimum atomic E-state index is -5.95. The van der Waals surface area contributed by atoms with Crippen LogP contribution in [-0.2, 0) is 31.6 Å². The molecule has 2 rings (SSSR count). The van der Waals surface area contributed by atoms with Gasteiger partial charge in [0.1, 0.15) is 12.5 Å². The number of aliphatic hydroxyl groups excluding tert-OH is 1. The molecule has 2 unspecified atom stereocenters. The van der Waals surface area contributed by atoms with Crippen LogP contribution >= 0.6 is 23.5 Å². The van der Waals surface area contributed by atoms with Gasteiger partial charge in [0.05, 0.1) is 6.61 Å². The first-order chi connectivity index (χ1) is 14.3. The number of anilines is 1. The van der Waals surface area contributed by atoms with Gasteiger partial charge in [0.2, 0.25) is 6.23 Å². The van der Waals surface area contributed by atoms with E-state index in [9.17, 15) is 41.7 Å². The fourth-order valence-electron chi connectivity index (χ4n) is 2.45. The first-order valence-corrected chi connectivity index (χ1v) is 12.3. The maximum Gasteiger partial charge on any atom is 0.490 e. The van der Waals surface area contributed by atoms with Crippen LogP contribution in [0.25, 0.3) is 0 Å². The lowest BCUT2D eigenvalue weighted by molar-refractivity contribution is -0.147. The van der Waals surface area contributed by atoms with Crippen molar-refractivity contribution >= 4 is 29.3 Å². The number of alkyl halides is 3. The molecule has 1 fully saturated rings. The average Bonchev–Trinajstić information content (AvgIpc) is 2.78. The van der Waals surface area contributed by atoms with Crippen molar-refractivity contribution in [2.45, 2.75) is 23.9 Å². The van der Waals surface area contributed by atoms with Crippen LogP contribution in [0.5, 0.6) is 0 Å². The third kappa shape index (κ3) is 6.02. The Morgan fingerprint density at radius 3 is 2.28 bits per heavy atom. The summed E-state index contributed by atoms with van der Waals surface area (Å²) in [6.07, 6.45) is -5.12. The molecule has 0 radical (unpaired) electrons. The lowest BCUT2D eigenvalue weighted by Crippen LogP contribution is -2.51. The van der Waals surface area contributed by atoms with Gasteiger partial charge in [-0.2, -0.15) is 22.4 Å². The molecule has 5 atom stereocenters. The van der Waals surface area contributed by atoms with E-state index in [1.165, 1.54) is 0 Å². The zero-order valence-corrected chi connectivity index (χ0v) is 17.9. The second-order valence-electron chi connectivity index (χ2n) is 6.15. The summed E-state index contributed by atoms with van der Waals surface area (Å²) in [5.41, 5.74) is 0.718. The molecule has 0 saturated carbocycles. The Morgan fingerprint density at radius 2 is 1.78 bits per heavy atom. The van der Waals surface area contributed by atoms with Crippen LogP contribution in [-0.4, -0.2) is 65.1 Å². The molecule has 184 valence electrons. The molecule has 1 aromatic heterocycles. The molecule has 0 aliphatic carbocycles. The van der Waals surface area contributed by atoms with E-state index in [1.807, 2.05) is 0 Å². The predicted octanol–water partition coefficient (Wildman–Crippen LogP) is -0.598. The minimum absolute atomic E-state index is 0.141. The van der Waals surface area contributed by atoms with Gasteiger partial charge in [0.15, 0.2) is 11.7 Å². The second-order valence-corrected chi connectivity index (χ2v) is 10.6. The number of halogens is 3. The maximum absolute atomic E-state index is 14.6. The molecule has 1 saturated heterocycles.